The van der Waals surface area contributed by atoms with E-state index in [2.05, 4.69) is 5.32 Å². The van der Waals surface area contributed by atoms with Gasteiger partial charge in [-0.05, 0) is 44.7 Å². The number of nitro benzene ring substituents is 1. The molecular formula is C14H16N2O3. The molecular weight excluding hydrogens is 244 g/mol. The van der Waals surface area contributed by atoms with Crippen LogP contribution in [0.3, 0.4) is 0 Å². The summed E-state index contributed by atoms with van der Waals surface area (Å²) in [4.78, 5) is 10.5. The van der Waals surface area contributed by atoms with E-state index in [1.165, 1.54) is 0 Å². The summed E-state index contributed by atoms with van der Waals surface area (Å²) in [5, 5.41) is 13.9. The van der Waals surface area contributed by atoms with Crippen LogP contribution >= 0.6 is 0 Å². The van der Waals surface area contributed by atoms with Gasteiger partial charge in [0.05, 0.1) is 11.5 Å². The standard InChI is InChI=1S/C14H16N2O3/c1-9-7-13(16(17)18)10(2)6-12(9)14-5-4-11(19-14)8-15-3/h4-7,15H,8H2,1-3H3. The Kier molecular flexibility index (Phi) is 3.66. The molecule has 0 aliphatic carbocycles. The zero-order valence-corrected chi connectivity index (χ0v) is 11.2. The van der Waals surface area contributed by atoms with Gasteiger partial charge in [0.2, 0.25) is 0 Å². The number of hydrogen-bond acceptors (Lipinski definition) is 4. The van der Waals surface area contributed by atoms with E-state index in [1.54, 1.807) is 19.1 Å². The fraction of sp³-hybridized carbons (Fsp3) is 0.286. The van der Waals surface area contributed by atoms with Crippen molar-refractivity contribution >= 4 is 5.69 Å². The van der Waals surface area contributed by atoms with Gasteiger partial charge in [-0.25, -0.2) is 0 Å². The number of furan rings is 1. The first-order chi connectivity index (χ1) is 9.02. The maximum atomic E-state index is 10.9. The highest BCUT2D eigenvalue weighted by Crippen LogP contribution is 2.31. The van der Waals surface area contributed by atoms with Crippen molar-refractivity contribution in [1.82, 2.24) is 5.32 Å². The maximum absolute atomic E-state index is 10.9. The lowest BCUT2D eigenvalue weighted by Crippen LogP contribution is -2.03. The predicted octanol–water partition coefficient (Wildman–Crippen LogP) is 3.19. The topological polar surface area (TPSA) is 68.3 Å². The van der Waals surface area contributed by atoms with Gasteiger partial charge in [-0.3, -0.25) is 10.1 Å². The zero-order valence-electron chi connectivity index (χ0n) is 11.2. The van der Waals surface area contributed by atoms with Crippen LogP contribution in [0.1, 0.15) is 16.9 Å². The van der Waals surface area contributed by atoms with Crippen LogP contribution in [0.15, 0.2) is 28.7 Å². The van der Waals surface area contributed by atoms with Crippen molar-refractivity contribution in [2.45, 2.75) is 20.4 Å². The second-order valence-electron chi connectivity index (χ2n) is 4.51. The molecule has 0 radical (unpaired) electrons. The monoisotopic (exact) mass is 260 g/mol. The fourth-order valence-corrected chi connectivity index (χ4v) is 2.06. The summed E-state index contributed by atoms with van der Waals surface area (Å²) < 4.78 is 5.71. The third kappa shape index (κ3) is 2.66. The molecule has 5 nitrogen and oxygen atoms in total. The molecule has 2 aromatic rings. The lowest BCUT2D eigenvalue weighted by Gasteiger charge is -2.05. The number of benzene rings is 1. The summed E-state index contributed by atoms with van der Waals surface area (Å²) >= 11 is 0. The van der Waals surface area contributed by atoms with E-state index in [-0.39, 0.29) is 10.6 Å². The molecule has 5 heteroatoms. The largest absolute Gasteiger partial charge is 0.460 e. The van der Waals surface area contributed by atoms with Crippen molar-refractivity contribution in [3.05, 3.63) is 51.3 Å². The van der Waals surface area contributed by atoms with E-state index < -0.39 is 0 Å². The molecule has 0 saturated heterocycles. The Morgan fingerprint density at radius 1 is 1.26 bits per heavy atom. The highest BCUT2D eigenvalue weighted by molar-refractivity contribution is 5.66. The summed E-state index contributed by atoms with van der Waals surface area (Å²) in [7, 11) is 1.85. The van der Waals surface area contributed by atoms with Crippen LogP contribution in [0.5, 0.6) is 0 Å². The molecule has 1 aromatic carbocycles. The van der Waals surface area contributed by atoms with Gasteiger partial charge < -0.3 is 9.73 Å². The molecule has 1 aromatic heterocycles. The quantitative estimate of drug-likeness (QED) is 0.677. The lowest BCUT2D eigenvalue weighted by molar-refractivity contribution is -0.385. The average molecular weight is 260 g/mol. The minimum absolute atomic E-state index is 0.142. The Morgan fingerprint density at radius 3 is 2.63 bits per heavy atom. The van der Waals surface area contributed by atoms with Crippen LogP contribution in [-0.4, -0.2) is 12.0 Å². The van der Waals surface area contributed by atoms with Gasteiger partial charge >= 0.3 is 0 Å². The molecule has 1 heterocycles. The fourth-order valence-electron chi connectivity index (χ4n) is 2.06. The first-order valence-electron chi connectivity index (χ1n) is 6.02. The molecule has 0 amide bonds. The molecule has 2 rings (SSSR count). The molecule has 19 heavy (non-hydrogen) atoms. The molecule has 0 aliphatic heterocycles. The van der Waals surface area contributed by atoms with Crippen molar-refractivity contribution < 1.29 is 9.34 Å². The molecule has 1 N–H and O–H groups in total. The van der Waals surface area contributed by atoms with Crippen molar-refractivity contribution in [1.29, 1.82) is 0 Å². The van der Waals surface area contributed by atoms with Crippen molar-refractivity contribution in [3.8, 4) is 11.3 Å². The lowest BCUT2D eigenvalue weighted by atomic mass is 10.0. The van der Waals surface area contributed by atoms with Gasteiger partial charge in [0.1, 0.15) is 11.5 Å². The highest BCUT2D eigenvalue weighted by Gasteiger charge is 2.15. The predicted molar refractivity (Wildman–Crippen MR) is 73.0 cm³/mol. The second-order valence-corrected chi connectivity index (χ2v) is 4.51. The van der Waals surface area contributed by atoms with Gasteiger partial charge in [-0.2, -0.15) is 0 Å². The Morgan fingerprint density at radius 2 is 2.00 bits per heavy atom. The third-order valence-electron chi connectivity index (χ3n) is 3.02. The van der Waals surface area contributed by atoms with E-state index in [4.69, 9.17) is 4.42 Å². The van der Waals surface area contributed by atoms with Gasteiger partial charge in [-0.15, -0.1) is 0 Å². The second kappa shape index (κ2) is 5.24. The summed E-state index contributed by atoms with van der Waals surface area (Å²) in [6.07, 6.45) is 0. The Labute approximate surface area is 111 Å². The van der Waals surface area contributed by atoms with Gasteiger partial charge in [0, 0.05) is 17.2 Å². The number of nitrogens with zero attached hydrogens (tertiary/aromatic N) is 1. The van der Waals surface area contributed by atoms with E-state index in [0.717, 1.165) is 22.6 Å². The zero-order chi connectivity index (χ0) is 14.0. The van der Waals surface area contributed by atoms with E-state index in [9.17, 15) is 10.1 Å². The van der Waals surface area contributed by atoms with Crippen molar-refractivity contribution in [3.63, 3.8) is 0 Å². The molecule has 0 bridgehead atoms. The third-order valence-corrected chi connectivity index (χ3v) is 3.02. The number of nitrogens with one attached hydrogen (secondary N) is 1. The Balaban J connectivity index is 2.44. The molecule has 0 aliphatic rings. The van der Waals surface area contributed by atoms with Crippen molar-refractivity contribution in [2.75, 3.05) is 7.05 Å². The first-order valence-corrected chi connectivity index (χ1v) is 6.02. The molecule has 0 saturated carbocycles. The minimum atomic E-state index is -0.360. The number of aryl methyl sites for hydroxylation is 2. The number of hydrogen-bond donors (Lipinski definition) is 1. The average Bonchev–Trinajstić information content (AvgIpc) is 2.80. The van der Waals surface area contributed by atoms with Gasteiger partial charge in [0.15, 0.2) is 0 Å². The highest BCUT2D eigenvalue weighted by atomic mass is 16.6. The number of rotatable bonds is 4. The Bertz CT molecular complexity index is 617. The van der Waals surface area contributed by atoms with Gasteiger partial charge in [0.25, 0.3) is 5.69 Å². The Hall–Kier alpha value is -2.14. The van der Waals surface area contributed by atoms with Crippen LogP contribution in [0, 0.1) is 24.0 Å². The molecule has 0 unspecified atom stereocenters. The van der Waals surface area contributed by atoms with Crippen LogP contribution in [0.4, 0.5) is 5.69 Å². The van der Waals surface area contributed by atoms with Crippen LogP contribution in [0.25, 0.3) is 11.3 Å². The van der Waals surface area contributed by atoms with E-state index >= 15 is 0 Å². The number of nitro groups is 1. The summed E-state index contributed by atoms with van der Waals surface area (Å²) in [5.41, 5.74) is 2.51. The van der Waals surface area contributed by atoms with Crippen molar-refractivity contribution in [2.24, 2.45) is 0 Å². The van der Waals surface area contributed by atoms with E-state index in [1.807, 2.05) is 26.1 Å². The smallest absolute Gasteiger partial charge is 0.272 e. The van der Waals surface area contributed by atoms with Crippen LogP contribution in [-0.2, 0) is 6.54 Å². The summed E-state index contributed by atoms with van der Waals surface area (Å²) in [6, 6.07) is 7.18. The maximum Gasteiger partial charge on any atom is 0.272 e. The summed E-state index contributed by atoms with van der Waals surface area (Å²) in [5.74, 6) is 1.58. The minimum Gasteiger partial charge on any atom is -0.460 e. The first kappa shape index (κ1) is 13.3. The SMILES string of the molecule is CNCc1ccc(-c2cc(C)c([N+](=O)[O-])cc2C)o1. The molecule has 0 fully saturated rings. The van der Waals surface area contributed by atoms with Crippen LogP contribution in [0.2, 0.25) is 0 Å². The van der Waals surface area contributed by atoms with E-state index in [0.29, 0.717) is 12.1 Å². The van der Waals surface area contributed by atoms with Crippen LogP contribution < -0.4 is 5.32 Å². The molecule has 0 atom stereocenters. The molecule has 100 valence electrons. The molecule has 0 spiro atoms. The normalized spacial score (nSPS) is 10.7. The van der Waals surface area contributed by atoms with Gasteiger partial charge in [-0.1, -0.05) is 0 Å². The summed E-state index contributed by atoms with van der Waals surface area (Å²) in [6.45, 7) is 4.24.